The van der Waals surface area contributed by atoms with Crippen molar-refractivity contribution in [3.63, 3.8) is 0 Å². The minimum Gasteiger partial charge on any atom is -0.480 e. The summed E-state index contributed by atoms with van der Waals surface area (Å²) in [4.78, 5) is 10.4. The van der Waals surface area contributed by atoms with E-state index in [1.807, 2.05) is 0 Å². The van der Waals surface area contributed by atoms with Crippen LogP contribution >= 0.6 is 0 Å². The van der Waals surface area contributed by atoms with Gasteiger partial charge in [-0.05, 0) is 18.2 Å². The van der Waals surface area contributed by atoms with Gasteiger partial charge in [0.15, 0.2) is 0 Å². The van der Waals surface area contributed by atoms with Crippen LogP contribution in [0.2, 0.25) is 0 Å². The molecule has 0 bridgehead atoms. The lowest BCUT2D eigenvalue weighted by atomic mass is 10.1. The first-order valence-electron chi connectivity index (χ1n) is 4.67. The molecule has 16 heavy (non-hydrogen) atoms. The zero-order valence-electron chi connectivity index (χ0n) is 8.30. The molecule has 0 aliphatic heterocycles. The van der Waals surface area contributed by atoms with Gasteiger partial charge in [0.25, 0.3) is 0 Å². The molecule has 4 nitrogen and oxygen atoms in total. The highest BCUT2D eigenvalue weighted by Gasteiger charge is 2.08. The van der Waals surface area contributed by atoms with Crippen molar-refractivity contribution < 1.29 is 14.3 Å². The molecule has 0 fully saturated rings. The van der Waals surface area contributed by atoms with E-state index in [1.165, 1.54) is 16.9 Å². The largest absolute Gasteiger partial charge is 0.480 e. The molecule has 0 aliphatic rings. The number of halogens is 1. The van der Waals surface area contributed by atoms with E-state index in [0.717, 1.165) is 0 Å². The van der Waals surface area contributed by atoms with Crippen molar-refractivity contribution in [3.05, 3.63) is 42.3 Å². The SMILES string of the molecule is O=C(O)Cn1ccc(-c2ccccc2F)n1. The summed E-state index contributed by atoms with van der Waals surface area (Å²) in [5, 5.41) is 12.5. The number of nitrogens with zero attached hydrogens (tertiary/aromatic N) is 2. The molecule has 1 N–H and O–H groups in total. The van der Waals surface area contributed by atoms with Crippen LogP contribution in [0.5, 0.6) is 0 Å². The number of carboxylic acids is 1. The number of benzene rings is 1. The summed E-state index contributed by atoms with van der Waals surface area (Å²) < 4.78 is 14.6. The van der Waals surface area contributed by atoms with Crippen molar-refractivity contribution in [2.24, 2.45) is 0 Å². The molecule has 0 saturated carbocycles. The van der Waals surface area contributed by atoms with Crippen LogP contribution in [0.25, 0.3) is 11.3 Å². The first kappa shape index (κ1) is 10.4. The molecule has 1 aromatic carbocycles. The zero-order valence-corrected chi connectivity index (χ0v) is 8.30. The molecule has 0 radical (unpaired) electrons. The van der Waals surface area contributed by atoms with Crippen molar-refractivity contribution in [1.29, 1.82) is 0 Å². The number of hydrogen-bond acceptors (Lipinski definition) is 2. The summed E-state index contributed by atoms with van der Waals surface area (Å²) in [6.07, 6.45) is 1.51. The van der Waals surface area contributed by atoms with E-state index in [9.17, 15) is 9.18 Å². The predicted molar refractivity (Wildman–Crippen MR) is 55.3 cm³/mol. The minimum absolute atomic E-state index is 0.228. The van der Waals surface area contributed by atoms with Crippen LogP contribution in [0.4, 0.5) is 4.39 Å². The third-order valence-corrected chi connectivity index (χ3v) is 2.09. The predicted octanol–water partition coefficient (Wildman–Crippen LogP) is 1.77. The Morgan fingerprint density at radius 1 is 1.38 bits per heavy atom. The fraction of sp³-hybridized carbons (Fsp3) is 0.0909. The second kappa shape index (κ2) is 4.14. The average molecular weight is 220 g/mol. The van der Waals surface area contributed by atoms with Crippen LogP contribution < -0.4 is 0 Å². The molecule has 0 amide bonds. The van der Waals surface area contributed by atoms with Gasteiger partial charge < -0.3 is 5.11 Å². The van der Waals surface area contributed by atoms with Gasteiger partial charge in [0.1, 0.15) is 12.4 Å². The quantitative estimate of drug-likeness (QED) is 0.857. The van der Waals surface area contributed by atoms with Gasteiger partial charge >= 0.3 is 5.97 Å². The Hall–Kier alpha value is -2.17. The normalized spacial score (nSPS) is 10.3. The Morgan fingerprint density at radius 3 is 2.81 bits per heavy atom. The smallest absolute Gasteiger partial charge is 0.325 e. The van der Waals surface area contributed by atoms with Crippen LogP contribution in [-0.2, 0) is 11.3 Å². The highest BCUT2D eigenvalue weighted by Crippen LogP contribution is 2.19. The lowest BCUT2D eigenvalue weighted by molar-refractivity contribution is -0.137. The molecular formula is C11H9FN2O2. The summed E-state index contributed by atoms with van der Waals surface area (Å²) in [5.74, 6) is -1.36. The summed E-state index contributed by atoms with van der Waals surface area (Å²) in [7, 11) is 0. The van der Waals surface area contributed by atoms with E-state index in [4.69, 9.17) is 5.11 Å². The fourth-order valence-electron chi connectivity index (χ4n) is 1.40. The Labute approximate surface area is 90.9 Å². The number of hydrogen-bond donors (Lipinski definition) is 1. The molecule has 1 aromatic heterocycles. The minimum atomic E-state index is -0.983. The maximum atomic E-state index is 13.4. The van der Waals surface area contributed by atoms with Gasteiger partial charge in [-0.3, -0.25) is 9.48 Å². The summed E-state index contributed by atoms with van der Waals surface area (Å²) in [6, 6.07) is 7.82. The first-order chi connectivity index (χ1) is 7.66. The molecule has 82 valence electrons. The van der Waals surface area contributed by atoms with E-state index in [0.29, 0.717) is 11.3 Å². The second-order valence-electron chi connectivity index (χ2n) is 3.27. The number of aliphatic carboxylic acids is 1. The van der Waals surface area contributed by atoms with Crippen molar-refractivity contribution in [3.8, 4) is 11.3 Å². The lowest BCUT2D eigenvalue weighted by Crippen LogP contribution is -2.08. The summed E-state index contributed by atoms with van der Waals surface area (Å²) in [5.41, 5.74) is 0.797. The lowest BCUT2D eigenvalue weighted by Gasteiger charge is -1.98. The van der Waals surface area contributed by atoms with Crippen LogP contribution in [-0.4, -0.2) is 20.9 Å². The molecule has 0 atom stereocenters. The van der Waals surface area contributed by atoms with E-state index >= 15 is 0 Å². The third kappa shape index (κ3) is 2.08. The zero-order chi connectivity index (χ0) is 11.5. The van der Waals surface area contributed by atoms with Gasteiger partial charge in [0.05, 0.1) is 5.69 Å². The topological polar surface area (TPSA) is 55.1 Å². The standard InChI is InChI=1S/C11H9FN2O2/c12-9-4-2-1-3-8(9)10-5-6-14(13-10)7-11(15)16/h1-6H,7H2,(H,15,16). The Bertz CT molecular complexity index is 522. The highest BCUT2D eigenvalue weighted by atomic mass is 19.1. The van der Waals surface area contributed by atoms with Gasteiger partial charge in [-0.1, -0.05) is 12.1 Å². The van der Waals surface area contributed by atoms with Crippen LogP contribution in [0, 0.1) is 5.82 Å². The molecule has 5 heteroatoms. The van der Waals surface area contributed by atoms with Crippen molar-refractivity contribution >= 4 is 5.97 Å². The molecule has 0 saturated heterocycles. The van der Waals surface area contributed by atoms with E-state index in [1.54, 1.807) is 24.3 Å². The van der Waals surface area contributed by atoms with Crippen LogP contribution in [0.15, 0.2) is 36.5 Å². The molecule has 0 unspecified atom stereocenters. The van der Waals surface area contributed by atoms with E-state index < -0.39 is 5.97 Å². The van der Waals surface area contributed by atoms with Gasteiger partial charge in [0, 0.05) is 11.8 Å². The maximum Gasteiger partial charge on any atom is 0.325 e. The molecule has 2 rings (SSSR count). The number of aromatic nitrogens is 2. The molecule has 0 spiro atoms. The third-order valence-electron chi connectivity index (χ3n) is 2.09. The number of carbonyl (C=O) groups is 1. The Kier molecular flexibility index (Phi) is 2.68. The summed E-state index contributed by atoms with van der Waals surface area (Å²) in [6.45, 7) is -0.228. The van der Waals surface area contributed by atoms with Gasteiger partial charge in [0.2, 0.25) is 0 Å². The number of rotatable bonds is 3. The summed E-state index contributed by atoms with van der Waals surface area (Å²) >= 11 is 0. The average Bonchev–Trinajstić information content (AvgIpc) is 2.66. The van der Waals surface area contributed by atoms with E-state index in [2.05, 4.69) is 5.10 Å². The Balaban J connectivity index is 2.32. The highest BCUT2D eigenvalue weighted by molar-refractivity contribution is 5.66. The molecule has 2 aromatic rings. The Morgan fingerprint density at radius 2 is 2.12 bits per heavy atom. The second-order valence-corrected chi connectivity index (χ2v) is 3.27. The number of carboxylic acid groups (broad SMARTS) is 1. The van der Waals surface area contributed by atoms with Gasteiger partial charge in [-0.2, -0.15) is 5.10 Å². The van der Waals surface area contributed by atoms with Crippen molar-refractivity contribution in [1.82, 2.24) is 9.78 Å². The van der Waals surface area contributed by atoms with Crippen LogP contribution in [0.3, 0.4) is 0 Å². The molecule has 0 aliphatic carbocycles. The van der Waals surface area contributed by atoms with Gasteiger partial charge in [-0.15, -0.1) is 0 Å². The van der Waals surface area contributed by atoms with Crippen molar-refractivity contribution in [2.45, 2.75) is 6.54 Å². The first-order valence-corrected chi connectivity index (χ1v) is 4.67. The van der Waals surface area contributed by atoms with Crippen LogP contribution in [0.1, 0.15) is 0 Å². The maximum absolute atomic E-state index is 13.4. The fourth-order valence-corrected chi connectivity index (χ4v) is 1.40. The van der Waals surface area contributed by atoms with Gasteiger partial charge in [-0.25, -0.2) is 4.39 Å². The van der Waals surface area contributed by atoms with E-state index in [-0.39, 0.29) is 12.4 Å². The molecule has 1 heterocycles. The monoisotopic (exact) mass is 220 g/mol. The molecular weight excluding hydrogens is 211 g/mol. The van der Waals surface area contributed by atoms with Crippen molar-refractivity contribution in [2.75, 3.05) is 0 Å².